The molecule has 1 fully saturated rings. The van der Waals surface area contributed by atoms with Crippen molar-refractivity contribution in [2.24, 2.45) is 0 Å². The third-order valence-corrected chi connectivity index (χ3v) is 4.30. The van der Waals surface area contributed by atoms with E-state index in [2.05, 4.69) is 11.9 Å². The van der Waals surface area contributed by atoms with Crippen molar-refractivity contribution in [1.82, 2.24) is 10.8 Å². The zero-order valence-electron chi connectivity index (χ0n) is 12.4. The molecule has 3 N–H and O–H groups in total. The highest BCUT2D eigenvalue weighted by Crippen LogP contribution is 2.43. The lowest BCUT2D eigenvalue weighted by molar-refractivity contribution is -0.124. The van der Waals surface area contributed by atoms with Crippen LogP contribution in [0.3, 0.4) is 0 Å². The lowest BCUT2D eigenvalue weighted by Crippen LogP contribution is -2.47. The zero-order chi connectivity index (χ0) is 15.6. The van der Waals surface area contributed by atoms with Crippen molar-refractivity contribution in [3.05, 3.63) is 42.0 Å². The Morgan fingerprint density at radius 2 is 2.18 bits per heavy atom. The minimum absolute atomic E-state index is 0.153. The molecule has 2 aliphatic heterocycles. The van der Waals surface area contributed by atoms with Crippen LogP contribution in [0, 0.1) is 0 Å². The topological polar surface area (TPSA) is 70.6 Å². The van der Waals surface area contributed by atoms with Gasteiger partial charge in [-0.3, -0.25) is 10.0 Å². The van der Waals surface area contributed by atoms with E-state index in [-0.39, 0.29) is 5.60 Å². The maximum absolute atomic E-state index is 11.1. The lowest BCUT2D eigenvalue weighted by Gasteiger charge is -2.42. The molecule has 5 nitrogen and oxygen atoms in total. The molecule has 2 aliphatic rings. The van der Waals surface area contributed by atoms with Crippen LogP contribution >= 0.6 is 0 Å². The van der Waals surface area contributed by atoms with E-state index in [1.807, 2.05) is 18.2 Å². The molecular weight excluding hydrogens is 280 g/mol. The minimum atomic E-state index is -0.558. The number of hydrogen-bond donors (Lipinski definition) is 3. The first-order valence-electron chi connectivity index (χ1n) is 7.46. The van der Waals surface area contributed by atoms with Crippen LogP contribution in [0.5, 0.6) is 5.75 Å². The van der Waals surface area contributed by atoms with Crippen LogP contribution in [0.2, 0.25) is 0 Å². The van der Waals surface area contributed by atoms with Gasteiger partial charge < -0.3 is 10.1 Å². The maximum Gasteiger partial charge on any atom is 0.267 e. The summed E-state index contributed by atoms with van der Waals surface area (Å²) in [7, 11) is 0. The van der Waals surface area contributed by atoms with Gasteiger partial charge in [0.25, 0.3) is 5.91 Å². The second-order valence-electron chi connectivity index (χ2n) is 5.88. The normalized spacial score (nSPS) is 19.8. The highest BCUT2D eigenvalue weighted by Gasteiger charge is 2.38. The van der Waals surface area contributed by atoms with Crippen molar-refractivity contribution in [2.45, 2.75) is 24.9 Å². The van der Waals surface area contributed by atoms with Gasteiger partial charge in [-0.15, -0.1) is 0 Å². The van der Waals surface area contributed by atoms with E-state index in [9.17, 15) is 4.79 Å². The molecule has 1 spiro atoms. The van der Waals surface area contributed by atoms with E-state index >= 15 is 0 Å². The number of piperidine rings is 1. The summed E-state index contributed by atoms with van der Waals surface area (Å²) in [6, 6.07) is 5.81. The monoisotopic (exact) mass is 300 g/mol. The van der Waals surface area contributed by atoms with Crippen molar-refractivity contribution in [3.63, 3.8) is 0 Å². The summed E-state index contributed by atoms with van der Waals surface area (Å²) in [5.74, 6) is 0.266. The molecule has 1 aromatic rings. The number of rotatable bonds is 2. The molecule has 0 radical (unpaired) electrons. The summed E-state index contributed by atoms with van der Waals surface area (Å²) in [4.78, 5) is 11.1. The Morgan fingerprint density at radius 3 is 2.91 bits per heavy atom. The van der Waals surface area contributed by atoms with Crippen molar-refractivity contribution in [2.75, 3.05) is 13.1 Å². The average Bonchev–Trinajstić information content (AvgIpc) is 2.52. The third kappa shape index (κ3) is 2.91. The Balaban J connectivity index is 1.87. The van der Waals surface area contributed by atoms with Gasteiger partial charge in [-0.05, 0) is 49.2 Å². The predicted octanol–water partition coefficient (Wildman–Crippen LogP) is 2.12. The first-order valence-corrected chi connectivity index (χ1v) is 7.46. The van der Waals surface area contributed by atoms with Crippen LogP contribution in [0.4, 0.5) is 0 Å². The Morgan fingerprint density at radius 1 is 1.41 bits per heavy atom. The van der Waals surface area contributed by atoms with Crippen LogP contribution < -0.4 is 15.5 Å². The summed E-state index contributed by atoms with van der Waals surface area (Å²) in [5, 5.41) is 11.9. The molecule has 0 aliphatic carbocycles. The van der Waals surface area contributed by atoms with Crippen molar-refractivity contribution in [1.29, 1.82) is 0 Å². The number of hydroxylamine groups is 1. The standard InChI is InChI=1S/C17H20N2O3/c1-12-11-17(6-8-18-9-7-17)22-15-10-13(2-4-14(12)15)3-5-16(20)19-21/h2-5,10,18,21H,1,6-9,11H2,(H,19,20)/b5-3+. The number of nitrogens with one attached hydrogen (secondary N) is 2. The molecule has 1 aromatic carbocycles. The van der Waals surface area contributed by atoms with E-state index in [0.717, 1.165) is 54.8 Å². The molecule has 2 heterocycles. The van der Waals surface area contributed by atoms with E-state index in [4.69, 9.17) is 9.94 Å². The third-order valence-electron chi connectivity index (χ3n) is 4.30. The fourth-order valence-corrected chi connectivity index (χ4v) is 3.14. The molecule has 1 saturated heterocycles. The second-order valence-corrected chi connectivity index (χ2v) is 5.88. The summed E-state index contributed by atoms with van der Waals surface area (Å²) < 4.78 is 6.32. The zero-order valence-corrected chi connectivity index (χ0v) is 12.4. The molecule has 0 unspecified atom stereocenters. The van der Waals surface area contributed by atoms with Crippen molar-refractivity contribution < 1.29 is 14.7 Å². The maximum atomic E-state index is 11.1. The van der Waals surface area contributed by atoms with Gasteiger partial charge in [0.2, 0.25) is 0 Å². The summed E-state index contributed by atoms with van der Waals surface area (Å²) in [5.41, 5.74) is 4.41. The summed E-state index contributed by atoms with van der Waals surface area (Å²) in [6.07, 6.45) is 5.72. The van der Waals surface area contributed by atoms with Gasteiger partial charge >= 0.3 is 0 Å². The van der Waals surface area contributed by atoms with Crippen molar-refractivity contribution in [3.8, 4) is 5.75 Å². The quantitative estimate of drug-likeness (QED) is 0.444. The van der Waals surface area contributed by atoms with Gasteiger partial charge in [-0.2, -0.15) is 0 Å². The van der Waals surface area contributed by atoms with Crippen LogP contribution in [-0.2, 0) is 4.79 Å². The van der Waals surface area contributed by atoms with E-state index in [0.29, 0.717) is 0 Å². The van der Waals surface area contributed by atoms with E-state index in [1.165, 1.54) is 6.08 Å². The number of carbonyl (C=O) groups is 1. The number of carbonyl (C=O) groups excluding carboxylic acids is 1. The lowest BCUT2D eigenvalue weighted by atomic mass is 9.81. The first-order chi connectivity index (χ1) is 10.6. The Labute approximate surface area is 129 Å². The SMILES string of the molecule is C=C1CC2(CCNCC2)Oc2cc(/C=C/C(=O)NO)ccc21. The molecule has 0 saturated carbocycles. The molecule has 22 heavy (non-hydrogen) atoms. The molecule has 3 rings (SSSR count). The average molecular weight is 300 g/mol. The Hall–Kier alpha value is -2.11. The Bertz CT molecular complexity index is 631. The van der Waals surface area contributed by atoms with Crippen LogP contribution in [0.25, 0.3) is 11.6 Å². The van der Waals surface area contributed by atoms with Gasteiger partial charge in [0.15, 0.2) is 0 Å². The second kappa shape index (κ2) is 5.94. The van der Waals surface area contributed by atoms with Crippen LogP contribution in [0.1, 0.15) is 30.4 Å². The van der Waals surface area contributed by atoms with E-state index < -0.39 is 5.91 Å². The number of amides is 1. The number of fused-ring (bicyclic) bond motifs is 1. The van der Waals surface area contributed by atoms with E-state index in [1.54, 1.807) is 11.6 Å². The molecular formula is C17H20N2O3. The summed E-state index contributed by atoms with van der Waals surface area (Å²) >= 11 is 0. The largest absolute Gasteiger partial charge is 0.486 e. The van der Waals surface area contributed by atoms with Gasteiger partial charge in [0.05, 0.1) is 0 Å². The van der Waals surface area contributed by atoms with Gasteiger partial charge in [-0.25, -0.2) is 5.48 Å². The number of ether oxygens (including phenoxy) is 1. The number of hydrogen-bond acceptors (Lipinski definition) is 4. The fraction of sp³-hybridized carbons (Fsp3) is 0.353. The molecule has 116 valence electrons. The molecule has 0 bridgehead atoms. The smallest absolute Gasteiger partial charge is 0.267 e. The highest BCUT2D eigenvalue weighted by molar-refractivity contribution is 5.91. The fourth-order valence-electron chi connectivity index (χ4n) is 3.14. The van der Waals surface area contributed by atoms with Gasteiger partial charge in [0, 0.05) is 18.1 Å². The minimum Gasteiger partial charge on any atom is -0.486 e. The predicted molar refractivity (Wildman–Crippen MR) is 84.5 cm³/mol. The first kappa shape index (κ1) is 14.8. The number of benzene rings is 1. The molecule has 0 aromatic heterocycles. The molecule has 1 amide bonds. The molecule has 5 heteroatoms. The van der Waals surface area contributed by atoms with Gasteiger partial charge in [0.1, 0.15) is 11.4 Å². The van der Waals surface area contributed by atoms with Crippen LogP contribution in [0.15, 0.2) is 30.9 Å². The highest BCUT2D eigenvalue weighted by atomic mass is 16.5. The van der Waals surface area contributed by atoms with Crippen molar-refractivity contribution >= 4 is 17.6 Å². The summed E-state index contributed by atoms with van der Waals surface area (Å²) in [6.45, 7) is 6.12. The van der Waals surface area contributed by atoms with Crippen LogP contribution in [-0.4, -0.2) is 29.8 Å². The van der Waals surface area contributed by atoms with Gasteiger partial charge in [-0.1, -0.05) is 18.7 Å². The Kier molecular flexibility index (Phi) is 4.00. The molecule has 0 atom stereocenters.